The topological polar surface area (TPSA) is 84.2 Å². The van der Waals surface area contributed by atoms with Crippen LogP contribution < -0.4 is 14.2 Å². The Labute approximate surface area is 229 Å². The standard InChI is InChI=1S/C29H24ClN3O4S/c1-35-26-17-19(8-13-25(26)37-15-5-14-36-22-11-9-21(30)10-12-22)16-23-27(31)33-24(20-6-3-2-4-7-20)18-38-29(33)32-28(23)34/h2-4,6-13,16-18,31H,5,14-15H2,1H3/b23-16-,31-27?. The first kappa shape index (κ1) is 25.6. The van der Waals surface area contributed by atoms with E-state index < -0.39 is 5.91 Å². The molecule has 0 fully saturated rings. The maximum atomic E-state index is 12.8. The highest BCUT2D eigenvalue weighted by molar-refractivity contribution is 8.17. The summed E-state index contributed by atoms with van der Waals surface area (Å²) in [7, 11) is 1.56. The first-order valence-electron chi connectivity index (χ1n) is 11.9. The van der Waals surface area contributed by atoms with Crippen LogP contribution in [0.5, 0.6) is 17.2 Å². The fourth-order valence-electron chi connectivity index (χ4n) is 3.94. The molecule has 1 amide bonds. The number of hydrogen-bond donors (Lipinski definition) is 1. The molecule has 38 heavy (non-hydrogen) atoms. The maximum Gasteiger partial charge on any atom is 0.283 e. The highest BCUT2D eigenvalue weighted by atomic mass is 35.5. The van der Waals surface area contributed by atoms with Crippen molar-refractivity contribution in [3.63, 3.8) is 0 Å². The number of fused-ring (bicyclic) bond motifs is 1. The van der Waals surface area contributed by atoms with Crippen LogP contribution in [0.15, 0.2) is 88.8 Å². The summed E-state index contributed by atoms with van der Waals surface area (Å²) in [4.78, 5) is 18.7. The number of hydrogen-bond acceptors (Lipinski definition) is 6. The minimum Gasteiger partial charge on any atom is -0.493 e. The van der Waals surface area contributed by atoms with Gasteiger partial charge in [-0.1, -0.05) is 59.8 Å². The normalized spacial score (nSPS) is 15.7. The molecule has 3 aromatic rings. The van der Waals surface area contributed by atoms with Crippen LogP contribution in [-0.4, -0.2) is 42.1 Å². The van der Waals surface area contributed by atoms with E-state index in [9.17, 15) is 4.79 Å². The SMILES string of the molecule is COc1cc(/C=C2/C(=N)N3C(c4ccccc4)=CSC3=NC2=O)ccc1OCCCOc1ccc(Cl)cc1. The van der Waals surface area contributed by atoms with Crippen LogP contribution in [0, 0.1) is 5.41 Å². The highest BCUT2D eigenvalue weighted by Crippen LogP contribution is 2.37. The van der Waals surface area contributed by atoms with E-state index in [1.54, 1.807) is 42.4 Å². The van der Waals surface area contributed by atoms with Gasteiger partial charge in [0.05, 0.1) is 31.6 Å². The molecule has 0 atom stereocenters. The Hall–Kier alpha value is -4.01. The summed E-state index contributed by atoms with van der Waals surface area (Å²) < 4.78 is 17.1. The molecule has 3 aromatic carbocycles. The lowest BCUT2D eigenvalue weighted by Crippen LogP contribution is -2.38. The quantitative estimate of drug-likeness (QED) is 0.244. The fraction of sp³-hybridized carbons (Fsp3) is 0.138. The smallest absolute Gasteiger partial charge is 0.283 e. The summed E-state index contributed by atoms with van der Waals surface area (Å²) in [5.74, 6) is 1.49. The summed E-state index contributed by atoms with van der Waals surface area (Å²) in [6.07, 6.45) is 2.33. The van der Waals surface area contributed by atoms with Crippen LogP contribution in [0.1, 0.15) is 17.5 Å². The van der Waals surface area contributed by atoms with Gasteiger partial charge in [0.15, 0.2) is 16.7 Å². The Morgan fingerprint density at radius 1 is 1.00 bits per heavy atom. The van der Waals surface area contributed by atoms with Crippen LogP contribution in [0.3, 0.4) is 0 Å². The number of nitrogens with one attached hydrogen (secondary N) is 1. The average Bonchev–Trinajstić information content (AvgIpc) is 3.36. The van der Waals surface area contributed by atoms with E-state index in [-0.39, 0.29) is 11.4 Å². The van der Waals surface area contributed by atoms with Crippen molar-refractivity contribution < 1.29 is 19.0 Å². The largest absolute Gasteiger partial charge is 0.493 e. The second-order valence-electron chi connectivity index (χ2n) is 8.34. The van der Waals surface area contributed by atoms with Crippen molar-refractivity contribution in [2.75, 3.05) is 20.3 Å². The number of rotatable bonds is 9. The van der Waals surface area contributed by atoms with E-state index >= 15 is 0 Å². The first-order valence-corrected chi connectivity index (χ1v) is 13.1. The van der Waals surface area contributed by atoms with Gasteiger partial charge in [0.1, 0.15) is 11.6 Å². The number of thioether (sulfide) groups is 1. The summed E-state index contributed by atoms with van der Waals surface area (Å²) in [5, 5.41) is 11.9. The lowest BCUT2D eigenvalue weighted by molar-refractivity contribution is -0.114. The summed E-state index contributed by atoms with van der Waals surface area (Å²) >= 11 is 7.23. The third-order valence-corrected chi connectivity index (χ3v) is 6.89. The van der Waals surface area contributed by atoms with Crippen molar-refractivity contribution in [1.29, 1.82) is 5.41 Å². The molecule has 5 rings (SSSR count). The zero-order valence-electron chi connectivity index (χ0n) is 20.5. The van der Waals surface area contributed by atoms with Gasteiger partial charge in [-0.05, 0) is 53.6 Å². The predicted molar refractivity (Wildman–Crippen MR) is 152 cm³/mol. The zero-order chi connectivity index (χ0) is 26.5. The molecule has 7 nitrogen and oxygen atoms in total. The van der Waals surface area contributed by atoms with Crippen LogP contribution in [0.2, 0.25) is 5.02 Å². The van der Waals surface area contributed by atoms with Crippen molar-refractivity contribution in [1.82, 2.24) is 4.90 Å². The summed E-state index contributed by atoms with van der Waals surface area (Å²) in [6, 6.07) is 22.4. The van der Waals surface area contributed by atoms with Gasteiger partial charge in [0, 0.05) is 16.9 Å². The minimum atomic E-state index is -0.448. The Morgan fingerprint density at radius 2 is 1.76 bits per heavy atom. The van der Waals surface area contributed by atoms with Crippen LogP contribution in [-0.2, 0) is 4.79 Å². The number of amides is 1. The lowest BCUT2D eigenvalue weighted by atomic mass is 10.1. The summed E-state index contributed by atoms with van der Waals surface area (Å²) in [5.41, 5.74) is 2.67. The molecule has 1 N–H and O–H groups in total. The Balaban J connectivity index is 1.26. The van der Waals surface area contributed by atoms with Crippen molar-refractivity contribution in [3.05, 3.63) is 99.9 Å². The van der Waals surface area contributed by atoms with Crippen LogP contribution in [0.4, 0.5) is 0 Å². The number of amidine groups is 2. The van der Waals surface area contributed by atoms with Gasteiger partial charge in [-0.3, -0.25) is 15.1 Å². The van der Waals surface area contributed by atoms with Crippen LogP contribution in [0.25, 0.3) is 11.8 Å². The van der Waals surface area contributed by atoms with Crippen molar-refractivity contribution in [3.8, 4) is 17.2 Å². The number of benzene rings is 3. The number of ether oxygens (including phenoxy) is 3. The number of carbonyl (C=O) groups excluding carboxylic acids is 1. The highest BCUT2D eigenvalue weighted by Gasteiger charge is 2.36. The van der Waals surface area contributed by atoms with Gasteiger partial charge < -0.3 is 14.2 Å². The van der Waals surface area contributed by atoms with E-state index in [1.165, 1.54) is 11.8 Å². The number of carbonyl (C=O) groups is 1. The molecule has 9 heteroatoms. The van der Waals surface area contributed by atoms with Crippen molar-refractivity contribution >= 4 is 52.0 Å². The molecule has 0 bridgehead atoms. The molecular formula is C29H24ClN3O4S. The number of methoxy groups -OCH3 is 1. The lowest BCUT2D eigenvalue weighted by Gasteiger charge is -2.27. The second kappa shape index (κ2) is 11.6. The zero-order valence-corrected chi connectivity index (χ0v) is 22.1. The molecule has 0 radical (unpaired) electrons. The molecule has 2 aliphatic rings. The second-order valence-corrected chi connectivity index (χ2v) is 9.62. The minimum absolute atomic E-state index is 0.0834. The molecule has 192 valence electrons. The maximum absolute atomic E-state index is 12.8. The van der Waals surface area contributed by atoms with E-state index in [2.05, 4.69) is 4.99 Å². The number of halogens is 1. The molecule has 0 unspecified atom stereocenters. The number of aliphatic imine (C=N–C) groups is 1. The molecule has 0 aromatic heterocycles. The third kappa shape index (κ3) is 5.61. The van der Waals surface area contributed by atoms with E-state index in [4.69, 9.17) is 31.2 Å². The number of nitrogens with zero attached hydrogens (tertiary/aromatic N) is 2. The van der Waals surface area contributed by atoms with E-state index in [1.807, 2.05) is 53.9 Å². The summed E-state index contributed by atoms with van der Waals surface area (Å²) in [6.45, 7) is 0.932. The van der Waals surface area contributed by atoms with Gasteiger partial charge in [-0.25, -0.2) is 0 Å². The predicted octanol–water partition coefficient (Wildman–Crippen LogP) is 6.50. The molecular weight excluding hydrogens is 522 g/mol. The van der Waals surface area contributed by atoms with Gasteiger partial charge in [-0.2, -0.15) is 4.99 Å². The van der Waals surface area contributed by atoms with E-state index in [0.29, 0.717) is 46.9 Å². The molecule has 0 saturated heterocycles. The average molecular weight is 546 g/mol. The molecule has 2 aliphatic heterocycles. The van der Waals surface area contributed by atoms with Gasteiger partial charge in [0.2, 0.25) is 0 Å². The van der Waals surface area contributed by atoms with Gasteiger partial charge in [-0.15, -0.1) is 0 Å². The first-order chi connectivity index (χ1) is 18.5. The third-order valence-electron chi connectivity index (χ3n) is 5.81. The molecule has 0 saturated carbocycles. The molecule has 0 spiro atoms. The molecule has 0 aliphatic carbocycles. The van der Waals surface area contributed by atoms with Gasteiger partial charge >= 0.3 is 0 Å². The van der Waals surface area contributed by atoms with E-state index in [0.717, 1.165) is 17.0 Å². The van der Waals surface area contributed by atoms with Crippen molar-refractivity contribution in [2.24, 2.45) is 4.99 Å². The fourth-order valence-corrected chi connectivity index (χ4v) is 4.95. The molecule has 2 heterocycles. The Bertz CT molecular complexity index is 1450. The monoisotopic (exact) mass is 545 g/mol. The Kier molecular flexibility index (Phi) is 7.81. The van der Waals surface area contributed by atoms with Crippen molar-refractivity contribution in [2.45, 2.75) is 6.42 Å². The van der Waals surface area contributed by atoms with Crippen LogP contribution >= 0.6 is 23.4 Å². The van der Waals surface area contributed by atoms with Gasteiger partial charge in [0.25, 0.3) is 5.91 Å². The Morgan fingerprint density at radius 3 is 2.53 bits per heavy atom.